The zero-order chi connectivity index (χ0) is 19.2. The molecule has 0 radical (unpaired) electrons. The molecule has 0 unspecified atom stereocenters. The number of anilines is 1. The smallest absolute Gasteiger partial charge is 0.230 e. The molecule has 0 aliphatic heterocycles. The van der Waals surface area contributed by atoms with Gasteiger partial charge >= 0.3 is 0 Å². The van der Waals surface area contributed by atoms with Crippen molar-refractivity contribution in [1.29, 1.82) is 0 Å². The molecule has 0 aliphatic carbocycles. The first kappa shape index (κ1) is 19.5. The molecule has 0 fully saturated rings. The predicted molar refractivity (Wildman–Crippen MR) is 113 cm³/mol. The zero-order valence-corrected chi connectivity index (χ0v) is 17.2. The number of thiazole rings is 1. The van der Waals surface area contributed by atoms with Gasteiger partial charge in [0.1, 0.15) is 10.1 Å². The van der Waals surface area contributed by atoms with E-state index in [-0.39, 0.29) is 12.3 Å². The van der Waals surface area contributed by atoms with Gasteiger partial charge in [-0.1, -0.05) is 47.7 Å². The monoisotopic (exact) mass is 398 g/mol. The van der Waals surface area contributed by atoms with E-state index in [9.17, 15) is 4.79 Å². The molecular formula is C21H22N2O2S2. The molecule has 0 bridgehead atoms. The van der Waals surface area contributed by atoms with Crippen LogP contribution in [0.1, 0.15) is 22.4 Å². The Morgan fingerprint density at radius 3 is 2.85 bits per heavy atom. The maximum Gasteiger partial charge on any atom is 0.230 e. The van der Waals surface area contributed by atoms with Crippen molar-refractivity contribution in [2.75, 3.05) is 12.4 Å². The van der Waals surface area contributed by atoms with Gasteiger partial charge in [0, 0.05) is 11.1 Å². The molecule has 1 heterocycles. The molecule has 3 rings (SSSR count). The summed E-state index contributed by atoms with van der Waals surface area (Å²) in [6.07, 6.45) is 0.249. The second-order valence-electron chi connectivity index (χ2n) is 6.25. The number of thioether (sulfide) groups is 1. The second-order valence-corrected chi connectivity index (χ2v) is 8.33. The molecule has 1 N–H and O–H groups in total. The summed E-state index contributed by atoms with van der Waals surface area (Å²) in [5, 5.41) is 4.84. The fraction of sp³-hybridized carbons (Fsp3) is 0.238. The lowest BCUT2D eigenvalue weighted by Gasteiger charge is -2.09. The van der Waals surface area contributed by atoms with Crippen molar-refractivity contribution in [2.24, 2.45) is 0 Å². The van der Waals surface area contributed by atoms with Gasteiger partial charge in [0.05, 0.1) is 24.9 Å². The molecule has 27 heavy (non-hydrogen) atoms. The standard InChI is InChI=1S/C21H22N2O2S2/c1-14-8-9-15(2)16(10-14)12-26-21-22-17(13-27-21)11-20(24)23-18-6-4-5-7-19(18)25-3/h4-10,13H,11-12H2,1-3H3,(H,23,24). The van der Waals surface area contributed by atoms with E-state index in [1.54, 1.807) is 30.2 Å². The Balaban J connectivity index is 1.57. The van der Waals surface area contributed by atoms with Crippen molar-refractivity contribution < 1.29 is 9.53 Å². The summed E-state index contributed by atoms with van der Waals surface area (Å²) in [4.78, 5) is 16.9. The number of carbonyl (C=O) groups is 1. The van der Waals surface area contributed by atoms with Crippen LogP contribution in [0.4, 0.5) is 5.69 Å². The highest BCUT2D eigenvalue weighted by molar-refractivity contribution is 8.00. The van der Waals surface area contributed by atoms with E-state index < -0.39 is 0 Å². The van der Waals surface area contributed by atoms with Gasteiger partial charge in [0.25, 0.3) is 0 Å². The number of amides is 1. The first-order chi connectivity index (χ1) is 13.0. The van der Waals surface area contributed by atoms with Gasteiger partial charge in [-0.25, -0.2) is 4.98 Å². The highest BCUT2D eigenvalue weighted by Crippen LogP contribution is 2.28. The van der Waals surface area contributed by atoms with Gasteiger partial charge < -0.3 is 10.1 Å². The number of methoxy groups -OCH3 is 1. The Hall–Kier alpha value is -2.31. The van der Waals surface area contributed by atoms with Gasteiger partial charge in [0.2, 0.25) is 5.91 Å². The number of aryl methyl sites for hydroxylation is 2. The molecule has 6 heteroatoms. The van der Waals surface area contributed by atoms with Crippen LogP contribution in [0.5, 0.6) is 5.75 Å². The van der Waals surface area contributed by atoms with E-state index in [0.717, 1.165) is 15.8 Å². The van der Waals surface area contributed by atoms with Crippen LogP contribution in [0.15, 0.2) is 52.2 Å². The number of hydrogen-bond donors (Lipinski definition) is 1. The summed E-state index contributed by atoms with van der Waals surface area (Å²) >= 11 is 3.29. The predicted octanol–water partition coefficient (Wildman–Crippen LogP) is 5.24. The molecule has 4 nitrogen and oxygen atoms in total. The van der Waals surface area contributed by atoms with Crippen molar-refractivity contribution in [3.05, 3.63) is 70.2 Å². The van der Waals surface area contributed by atoms with E-state index in [0.29, 0.717) is 11.4 Å². The minimum atomic E-state index is -0.101. The maximum atomic E-state index is 12.3. The Bertz CT molecular complexity index is 937. The quantitative estimate of drug-likeness (QED) is 0.553. The van der Waals surface area contributed by atoms with Crippen LogP contribution < -0.4 is 10.1 Å². The van der Waals surface area contributed by atoms with Crippen LogP contribution in [0, 0.1) is 13.8 Å². The molecule has 140 valence electrons. The fourth-order valence-electron chi connectivity index (χ4n) is 2.64. The number of hydrogen-bond acceptors (Lipinski definition) is 5. The molecule has 0 saturated heterocycles. The number of ether oxygens (including phenoxy) is 1. The van der Waals surface area contributed by atoms with E-state index in [1.165, 1.54) is 16.7 Å². The third-order valence-corrected chi connectivity index (χ3v) is 6.23. The molecule has 0 aliphatic rings. The van der Waals surface area contributed by atoms with Gasteiger partial charge in [-0.05, 0) is 37.1 Å². The molecule has 2 aromatic carbocycles. The maximum absolute atomic E-state index is 12.3. The number of carbonyl (C=O) groups excluding carboxylic acids is 1. The first-order valence-electron chi connectivity index (χ1n) is 8.61. The molecule has 1 amide bonds. The average molecular weight is 399 g/mol. The molecular weight excluding hydrogens is 376 g/mol. The number of aromatic nitrogens is 1. The fourth-order valence-corrected chi connectivity index (χ4v) is 4.55. The summed E-state index contributed by atoms with van der Waals surface area (Å²) in [6, 6.07) is 13.9. The number of para-hydroxylation sites is 2. The van der Waals surface area contributed by atoms with Gasteiger partial charge in [-0.3, -0.25) is 4.79 Å². The molecule has 1 aromatic heterocycles. The van der Waals surface area contributed by atoms with Crippen LogP contribution in [0.2, 0.25) is 0 Å². The van der Waals surface area contributed by atoms with Crippen LogP contribution in [0.3, 0.4) is 0 Å². The Kier molecular flexibility index (Phi) is 6.53. The average Bonchev–Trinajstić information content (AvgIpc) is 3.10. The number of benzene rings is 2. The van der Waals surface area contributed by atoms with Crippen molar-refractivity contribution in [3.63, 3.8) is 0 Å². The van der Waals surface area contributed by atoms with E-state index >= 15 is 0 Å². The highest BCUT2D eigenvalue weighted by atomic mass is 32.2. The molecule has 0 atom stereocenters. The van der Waals surface area contributed by atoms with Crippen molar-refractivity contribution in [2.45, 2.75) is 30.4 Å². The Morgan fingerprint density at radius 1 is 1.22 bits per heavy atom. The largest absolute Gasteiger partial charge is 0.495 e. The third kappa shape index (κ3) is 5.34. The zero-order valence-electron chi connectivity index (χ0n) is 15.6. The lowest BCUT2D eigenvalue weighted by Crippen LogP contribution is -2.15. The van der Waals surface area contributed by atoms with Crippen LogP contribution in [-0.2, 0) is 17.0 Å². The van der Waals surface area contributed by atoms with E-state index in [4.69, 9.17) is 4.74 Å². The lowest BCUT2D eigenvalue weighted by molar-refractivity contribution is -0.115. The topological polar surface area (TPSA) is 51.2 Å². The summed E-state index contributed by atoms with van der Waals surface area (Å²) < 4.78 is 6.24. The SMILES string of the molecule is COc1ccccc1NC(=O)Cc1csc(SCc2cc(C)ccc2C)n1. The lowest BCUT2D eigenvalue weighted by atomic mass is 10.1. The first-order valence-corrected chi connectivity index (χ1v) is 10.5. The number of rotatable bonds is 7. The third-order valence-electron chi connectivity index (χ3n) is 4.11. The number of nitrogens with zero attached hydrogens (tertiary/aromatic N) is 1. The van der Waals surface area contributed by atoms with Gasteiger partial charge in [-0.2, -0.15) is 0 Å². The molecule has 0 spiro atoms. The summed E-state index contributed by atoms with van der Waals surface area (Å²) in [5.41, 5.74) is 5.34. The van der Waals surface area contributed by atoms with Gasteiger partial charge in [-0.15, -0.1) is 11.3 Å². The Labute approximate surface area is 168 Å². The second kappa shape index (κ2) is 9.06. The van der Waals surface area contributed by atoms with E-state index in [2.05, 4.69) is 42.3 Å². The van der Waals surface area contributed by atoms with Crippen LogP contribution in [-0.4, -0.2) is 18.0 Å². The van der Waals surface area contributed by atoms with E-state index in [1.807, 2.05) is 29.6 Å². The minimum absolute atomic E-state index is 0.101. The molecule has 3 aromatic rings. The normalized spacial score (nSPS) is 10.6. The summed E-state index contributed by atoms with van der Waals surface area (Å²) in [5.74, 6) is 1.43. The van der Waals surface area contributed by atoms with Crippen LogP contribution >= 0.6 is 23.1 Å². The van der Waals surface area contributed by atoms with Gasteiger partial charge in [0.15, 0.2) is 0 Å². The summed E-state index contributed by atoms with van der Waals surface area (Å²) in [7, 11) is 1.59. The summed E-state index contributed by atoms with van der Waals surface area (Å²) in [6.45, 7) is 4.24. The van der Waals surface area contributed by atoms with Crippen molar-refractivity contribution in [3.8, 4) is 5.75 Å². The number of nitrogens with one attached hydrogen (secondary N) is 1. The Morgan fingerprint density at radius 2 is 2.04 bits per heavy atom. The molecule has 0 saturated carbocycles. The van der Waals surface area contributed by atoms with Crippen LogP contribution in [0.25, 0.3) is 0 Å². The van der Waals surface area contributed by atoms with Crippen molar-refractivity contribution >= 4 is 34.7 Å². The highest BCUT2D eigenvalue weighted by Gasteiger charge is 2.11. The minimum Gasteiger partial charge on any atom is -0.495 e. The van der Waals surface area contributed by atoms with Crippen molar-refractivity contribution in [1.82, 2.24) is 4.98 Å².